The molecular formula is C33H55O4P. The van der Waals surface area contributed by atoms with E-state index in [0.717, 1.165) is 22.3 Å². The molecule has 0 spiro atoms. The first-order valence-electron chi connectivity index (χ1n) is 13.5. The van der Waals surface area contributed by atoms with E-state index in [1.165, 1.54) is 0 Å². The molecular weight excluding hydrogens is 491 g/mol. The van der Waals surface area contributed by atoms with Gasteiger partial charge in [-0.1, -0.05) is 119 Å². The van der Waals surface area contributed by atoms with Gasteiger partial charge in [0.2, 0.25) is 0 Å². The Morgan fingerprint density at radius 1 is 0.474 bits per heavy atom. The second-order valence-corrected chi connectivity index (χ2v) is 15.0. The van der Waals surface area contributed by atoms with Crippen LogP contribution in [0.25, 0.3) is 0 Å². The Kier molecular flexibility index (Phi) is 10.3. The summed E-state index contributed by atoms with van der Waals surface area (Å²) in [6.45, 7) is 23.8. The standard InChI is InChI=1S/C33H52O4.H3P/c1-28(2,3)22-13-15-24(26(17-22)30(7,8)9)33(37,32(19-34,20-35)21-36)25-16-14-23(29(4,5)6)18-27(25)31(10,11)12;/h13-18,34-37H,19-21H2,1-12H3;1H3. The summed E-state index contributed by atoms with van der Waals surface area (Å²) in [5.41, 5.74) is 0.863. The Hall–Kier alpha value is -1.29. The topological polar surface area (TPSA) is 80.9 Å². The molecule has 0 saturated carbocycles. The molecule has 4 N–H and O–H groups in total. The van der Waals surface area contributed by atoms with Crippen molar-refractivity contribution in [1.29, 1.82) is 0 Å². The zero-order valence-electron chi connectivity index (χ0n) is 26.1. The van der Waals surface area contributed by atoms with Crippen molar-refractivity contribution in [3.63, 3.8) is 0 Å². The van der Waals surface area contributed by atoms with E-state index < -0.39 is 30.8 Å². The molecule has 1 unspecified atom stereocenters. The second-order valence-electron chi connectivity index (χ2n) is 15.0. The molecule has 38 heavy (non-hydrogen) atoms. The Labute approximate surface area is 235 Å². The van der Waals surface area contributed by atoms with Crippen LogP contribution in [0.4, 0.5) is 0 Å². The number of rotatable bonds is 6. The third-order valence-corrected chi connectivity index (χ3v) is 7.84. The maximum absolute atomic E-state index is 13.1. The van der Waals surface area contributed by atoms with Crippen molar-refractivity contribution in [1.82, 2.24) is 0 Å². The van der Waals surface area contributed by atoms with E-state index in [9.17, 15) is 20.4 Å². The summed E-state index contributed by atoms with van der Waals surface area (Å²) >= 11 is 0. The van der Waals surface area contributed by atoms with Crippen molar-refractivity contribution in [2.24, 2.45) is 5.41 Å². The minimum atomic E-state index is -1.87. The fourth-order valence-electron chi connectivity index (χ4n) is 5.10. The van der Waals surface area contributed by atoms with Gasteiger partial charge >= 0.3 is 0 Å². The number of aliphatic hydroxyl groups excluding tert-OH is 3. The molecule has 2 rings (SSSR count). The molecule has 0 heterocycles. The van der Waals surface area contributed by atoms with Crippen LogP contribution in [-0.2, 0) is 27.3 Å². The van der Waals surface area contributed by atoms with Crippen molar-refractivity contribution in [3.05, 3.63) is 69.8 Å². The van der Waals surface area contributed by atoms with Crippen molar-refractivity contribution < 1.29 is 20.4 Å². The van der Waals surface area contributed by atoms with Gasteiger partial charge in [0.15, 0.2) is 0 Å². The second kappa shape index (κ2) is 11.3. The average Bonchev–Trinajstić information content (AvgIpc) is 2.77. The lowest BCUT2D eigenvalue weighted by Gasteiger charge is -2.49. The lowest BCUT2D eigenvalue weighted by Crippen LogP contribution is -2.55. The molecule has 1 atom stereocenters. The number of benzene rings is 2. The van der Waals surface area contributed by atoms with Crippen LogP contribution in [0.5, 0.6) is 0 Å². The van der Waals surface area contributed by atoms with E-state index in [-0.39, 0.29) is 31.6 Å². The van der Waals surface area contributed by atoms with Crippen LogP contribution >= 0.6 is 9.90 Å². The highest BCUT2D eigenvalue weighted by atomic mass is 31.0. The Morgan fingerprint density at radius 3 is 0.974 bits per heavy atom. The first kappa shape index (κ1) is 34.7. The quantitative estimate of drug-likeness (QED) is 0.329. The molecule has 0 saturated heterocycles. The maximum atomic E-state index is 13.1. The van der Waals surface area contributed by atoms with Crippen LogP contribution < -0.4 is 0 Å². The van der Waals surface area contributed by atoms with Crippen LogP contribution in [0.3, 0.4) is 0 Å². The molecule has 0 aromatic heterocycles. The van der Waals surface area contributed by atoms with Crippen molar-refractivity contribution in [3.8, 4) is 0 Å². The summed E-state index contributed by atoms with van der Waals surface area (Å²) in [5, 5.41) is 45.2. The molecule has 0 aliphatic rings. The van der Waals surface area contributed by atoms with E-state index in [4.69, 9.17) is 0 Å². The normalized spacial score (nSPS) is 13.9. The van der Waals surface area contributed by atoms with Gasteiger partial charge in [0, 0.05) is 0 Å². The molecule has 0 amide bonds. The van der Waals surface area contributed by atoms with Crippen LogP contribution in [0.2, 0.25) is 0 Å². The smallest absolute Gasteiger partial charge is 0.127 e. The zero-order chi connectivity index (χ0) is 28.8. The molecule has 2 aromatic carbocycles. The van der Waals surface area contributed by atoms with Gasteiger partial charge in [-0.15, -0.1) is 0 Å². The maximum Gasteiger partial charge on any atom is 0.127 e. The van der Waals surface area contributed by atoms with Crippen molar-refractivity contribution in [2.45, 2.75) is 110 Å². The van der Waals surface area contributed by atoms with Gasteiger partial charge in [-0.2, -0.15) is 9.90 Å². The van der Waals surface area contributed by atoms with E-state index in [1.54, 1.807) is 0 Å². The average molecular weight is 547 g/mol. The number of hydrogen-bond donors (Lipinski definition) is 4. The predicted octanol–water partition coefficient (Wildman–Crippen LogP) is 6.13. The lowest BCUT2D eigenvalue weighted by atomic mass is 9.60. The zero-order valence-corrected chi connectivity index (χ0v) is 27.5. The Bertz CT molecular complexity index is 1000. The summed E-state index contributed by atoms with van der Waals surface area (Å²) in [6.07, 6.45) is 0. The fraction of sp³-hybridized carbons (Fsp3) is 0.636. The lowest BCUT2D eigenvalue weighted by molar-refractivity contribution is -0.137. The third kappa shape index (κ3) is 6.37. The van der Waals surface area contributed by atoms with Crippen LogP contribution in [-0.4, -0.2) is 40.2 Å². The number of hydrogen-bond acceptors (Lipinski definition) is 4. The molecule has 216 valence electrons. The first-order valence-corrected chi connectivity index (χ1v) is 13.5. The van der Waals surface area contributed by atoms with E-state index in [2.05, 4.69) is 95.2 Å². The molecule has 0 radical (unpaired) electrons. The van der Waals surface area contributed by atoms with Gasteiger partial charge in [0.05, 0.1) is 25.2 Å². The highest BCUT2D eigenvalue weighted by molar-refractivity contribution is 6.92. The van der Waals surface area contributed by atoms with Crippen LogP contribution in [0, 0.1) is 5.41 Å². The van der Waals surface area contributed by atoms with Crippen LogP contribution in [0.1, 0.15) is 116 Å². The fourth-order valence-corrected chi connectivity index (χ4v) is 5.10. The Balaban J connectivity index is 0.00000722. The van der Waals surface area contributed by atoms with Crippen molar-refractivity contribution >= 4 is 9.90 Å². The highest BCUT2D eigenvalue weighted by Crippen LogP contribution is 2.51. The summed E-state index contributed by atoms with van der Waals surface area (Å²) in [5.74, 6) is 0. The molecule has 0 fully saturated rings. The van der Waals surface area contributed by atoms with Gasteiger partial charge in [-0.05, 0) is 55.0 Å². The summed E-state index contributed by atoms with van der Waals surface area (Å²) in [4.78, 5) is 0. The summed E-state index contributed by atoms with van der Waals surface area (Å²) in [7, 11) is 0. The SMILES string of the molecule is CC(C)(C)c1ccc(C(O)(c2ccc(C(C)(C)C)cc2C(C)(C)C)C(CO)(CO)CO)c(C(C)(C)C)c1.P. The minimum Gasteiger partial charge on any atom is -0.395 e. The van der Waals surface area contributed by atoms with Gasteiger partial charge in [-0.25, -0.2) is 0 Å². The van der Waals surface area contributed by atoms with E-state index in [1.807, 2.05) is 24.3 Å². The highest BCUT2D eigenvalue weighted by Gasteiger charge is 2.55. The summed E-state index contributed by atoms with van der Waals surface area (Å²) < 4.78 is 0. The predicted molar refractivity (Wildman–Crippen MR) is 165 cm³/mol. The van der Waals surface area contributed by atoms with Gasteiger partial charge in [0.25, 0.3) is 0 Å². The third-order valence-electron chi connectivity index (χ3n) is 7.84. The van der Waals surface area contributed by atoms with E-state index >= 15 is 0 Å². The minimum absolute atomic E-state index is 0. The van der Waals surface area contributed by atoms with Gasteiger partial charge in [0.1, 0.15) is 5.60 Å². The van der Waals surface area contributed by atoms with Crippen molar-refractivity contribution in [2.75, 3.05) is 19.8 Å². The monoisotopic (exact) mass is 546 g/mol. The molecule has 0 bridgehead atoms. The Morgan fingerprint density at radius 2 is 0.763 bits per heavy atom. The molecule has 4 nitrogen and oxygen atoms in total. The molecule has 5 heteroatoms. The van der Waals surface area contributed by atoms with E-state index in [0.29, 0.717) is 11.1 Å². The molecule has 2 aromatic rings. The first-order chi connectivity index (χ1) is 16.6. The van der Waals surface area contributed by atoms with Gasteiger partial charge in [-0.3, -0.25) is 0 Å². The largest absolute Gasteiger partial charge is 0.395 e. The molecule has 0 aliphatic heterocycles. The number of aliphatic hydroxyl groups is 4. The summed E-state index contributed by atoms with van der Waals surface area (Å²) in [6, 6.07) is 12.2. The van der Waals surface area contributed by atoms with Gasteiger partial charge < -0.3 is 20.4 Å². The van der Waals surface area contributed by atoms with Crippen LogP contribution in [0.15, 0.2) is 36.4 Å². The molecule has 0 aliphatic carbocycles.